The number of hydrogen-bond donors (Lipinski definition) is 0. The van der Waals surface area contributed by atoms with Crippen molar-refractivity contribution in [3.63, 3.8) is 0 Å². The number of carbonyl (C=O) groups is 2. The van der Waals surface area contributed by atoms with Crippen molar-refractivity contribution >= 4 is 51.3 Å². The largest absolute Gasteiger partial charge is 0.287 e. The van der Waals surface area contributed by atoms with E-state index in [4.69, 9.17) is 0 Å². The van der Waals surface area contributed by atoms with Crippen molar-refractivity contribution in [3.05, 3.63) is 69.4 Å². The molecule has 2 aromatic heterocycles. The van der Waals surface area contributed by atoms with Crippen molar-refractivity contribution in [1.29, 1.82) is 5.26 Å². The van der Waals surface area contributed by atoms with E-state index in [1.54, 1.807) is 22.9 Å². The summed E-state index contributed by atoms with van der Waals surface area (Å²) < 4.78 is 0. The molecule has 0 spiro atoms. The van der Waals surface area contributed by atoms with Crippen molar-refractivity contribution < 1.29 is 9.59 Å². The number of thiazole rings is 1. The normalized spacial score (nSPS) is 11.0. The third-order valence-corrected chi connectivity index (χ3v) is 5.15. The Morgan fingerprint density at radius 1 is 1.15 bits per heavy atom. The van der Waals surface area contributed by atoms with Gasteiger partial charge in [0.25, 0.3) is 0 Å². The molecule has 7 heteroatoms. The van der Waals surface area contributed by atoms with Crippen LogP contribution < -0.4 is 4.90 Å². The highest BCUT2D eigenvalue weighted by molar-refractivity contribution is 7.14. The van der Waals surface area contributed by atoms with Crippen LogP contribution in [-0.4, -0.2) is 16.7 Å². The van der Waals surface area contributed by atoms with Crippen LogP contribution in [0.4, 0.5) is 10.8 Å². The number of hydrogen-bond acceptors (Lipinski definition) is 6. The van der Waals surface area contributed by atoms with Crippen LogP contribution in [0.2, 0.25) is 0 Å². The lowest BCUT2D eigenvalue weighted by Gasteiger charge is -2.17. The monoisotopic (exact) mass is 379 g/mol. The number of ketones is 1. The summed E-state index contributed by atoms with van der Waals surface area (Å²) >= 11 is 2.56. The number of allylic oxidation sites excluding steroid dienone is 1. The zero-order valence-corrected chi connectivity index (χ0v) is 15.4. The molecule has 3 rings (SSSR count). The fourth-order valence-electron chi connectivity index (χ4n) is 2.29. The van der Waals surface area contributed by atoms with Crippen LogP contribution >= 0.6 is 22.7 Å². The minimum atomic E-state index is -0.330. The molecule has 0 aliphatic heterocycles. The fraction of sp³-hybridized carbons (Fsp3) is 0.0526. The summed E-state index contributed by atoms with van der Waals surface area (Å²) in [4.78, 5) is 30.8. The van der Waals surface area contributed by atoms with E-state index in [0.29, 0.717) is 21.4 Å². The van der Waals surface area contributed by atoms with Crippen LogP contribution in [0.3, 0.4) is 0 Å². The Balaban J connectivity index is 1.92. The molecule has 0 radical (unpaired) electrons. The van der Waals surface area contributed by atoms with Gasteiger partial charge in [-0.05, 0) is 29.7 Å². The SMILES string of the molecule is CC(=O)N(c1ccccc1)c1nc(/C=C(\C#N)C(=O)c2cccs2)cs1. The Morgan fingerprint density at radius 3 is 2.54 bits per heavy atom. The molecule has 5 nitrogen and oxygen atoms in total. The average molecular weight is 379 g/mol. The number of Topliss-reactive ketones (excluding diaryl/α,β-unsaturated/α-hetero) is 1. The van der Waals surface area contributed by atoms with Crippen molar-refractivity contribution in [2.24, 2.45) is 0 Å². The van der Waals surface area contributed by atoms with E-state index < -0.39 is 0 Å². The van der Waals surface area contributed by atoms with Gasteiger partial charge < -0.3 is 0 Å². The molecule has 2 heterocycles. The smallest absolute Gasteiger partial charge is 0.230 e. The third kappa shape index (κ3) is 3.77. The highest BCUT2D eigenvalue weighted by atomic mass is 32.1. The molecule has 0 atom stereocenters. The molecule has 0 unspecified atom stereocenters. The van der Waals surface area contributed by atoms with Crippen molar-refractivity contribution in [3.8, 4) is 6.07 Å². The molecule has 3 aromatic rings. The second-order valence-electron chi connectivity index (χ2n) is 5.22. The maximum atomic E-state index is 12.3. The van der Waals surface area contributed by atoms with E-state index in [1.807, 2.05) is 36.4 Å². The van der Waals surface area contributed by atoms with Gasteiger partial charge in [-0.2, -0.15) is 5.26 Å². The molecule has 0 N–H and O–H groups in total. The molecular weight excluding hydrogens is 366 g/mol. The number of amides is 1. The van der Waals surface area contributed by atoms with Gasteiger partial charge in [-0.1, -0.05) is 24.3 Å². The highest BCUT2D eigenvalue weighted by Gasteiger charge is 2.18. The van der Waals surface area contributed by atoms with E-state index in [-0.39, 0.29) is 17.3 Å². The molecule has 0 saturated heterocycles. The van der Waals surface area contributed by atoms with Gasteiger partial charge in [0, 0.05) is 12.3 Å². The predicted molar refractivity (Wildman–Crippen MR) is 104 cm³/mol. The summed E-state index contributed by atoms with van der Waals surface area (Å²) in [6.07, 6.45) is 1.45. The van der Waals surface area contributed by atoms with Crippen LogP contribution in [0.1, 0.15) is 22.3 Å². The second-order valence-corrected chi connectivity index (χ2v) is 7.01. The number of aromatic nitrogens is 1. The van der Waals surface area contributed by atoms with Crippen LogP contribution in [0, 0.1) is 11.3 Å². The van der Waals surface area contributed by atoms with E-state index in [0.717, 1.165) is 0 Å². The van der Waals surface area contributed by atoms with Gasteiger partial charge in [0.15, 0.2) is 5.13 Å². The summed E-state index contributed by atoms with van der Waals surface area (Å²) in [5.74, 6) is -0.500. The van der Waals surface area contributed by atoms with Gasteiger partial charge in [-0.3, -0.25) is 14.5 Å². The topological polar surface area (TPSA) is 74.1 Å². The minimum Gasteiger partial charge on any atom is -0.287 e. The molecule has 1 aromatic carbocycles. The molecule has 26 heavy (non-hydrogen) atoms. The second kappa shape index (κ2) is 7.87. The molecule has 0 aliphatic rings. The number of carbonyl (C=O) groups excluding carboxylic acids is 2. The van der Waals surface area contributed by atoms with Crippen LogP contribution in [0.25, 0.3) is 6.08 Å². The molecule has 0 aliphatic carbocycles. The zero-order valence-electron chi connectivity index (χ0n) is 13.7. The van der Waals surface area contributed by atoms with E-state index in [9.17, 15) is 14.9 Å². The Bertz CT molecular complexity index is 999. The first kappa shape index (κ1) is 17.7. The Hall–Kier alpha value is -3.08. The van der Waals surface area contributed by atoms with Crippen LogP contribution in [0.15, 0.2) is 58.8 Å². The molecular formula is C19H13N3O2S2. The van der Waals surface area contributed by atoms with Crippen LogP contribution in [-0.2, 0) is 4.79 Å². The molecule has 0 saturated carbocycles. The first-order chi connectivity index (χ1) is 12.6. The van der Waals surface area contributed by atoms with Gasteiger partial charge in [-0.15, -0.1) is 22.7 Å². The summed E-state index contributed by atoms with van der Waals surface area (Å²) in [6, 6.07) is 14.6. The number of benzene rings is 1. The summed E-state index contributed by atoms with van der Waals surface area (Å²) in [5.41, 5.74) is 1.19. The van der Waals surface area contributed by atoms with Gasteiger partial charge in [0.2, 0.25) is 11.7 Å². The molecule has 0 fully saturated rings. The van der Waals surface area contributed by atoms with Gasteiger partial charge in [-0.25, -0.2) is 4.98 Å². The summed E-state index contributed by atoms with van der Waals surface area (Å²) in [6.45, 7) is 1.46. The molecule has 0 bridgehead atoms. The lowest BCUT2D eigenvalue weighted by Crippen LogP contribution is -2.22. The van der Waals surface area contributed by atoms with Gasteiger partial charge in [0.1, 0.15) is 11.6 Å². The minimum absolute atomic E-state index is 0.0124. The number of thiophene rings is 1. The maximum absolute atomic E-state index is 12.3. The third-order valence-electron chi connectivity index (χ3n) is 3.43. The van der Waals surface area contributed by atoms with Crippen LogP contribution in [0.5, 0.6) is 0 Å². The van der Waals surface area contributed by atoms with E-state index >= 15 is 0 Å². The number of rotatable bonds is 5. The first-order valence-corrected chi connectivity index (χ1v) is 9.37. The fourth-order valence-corrected chi connectivity index (χ4v) is 3.81. The van der Waals surface area contributed by atoms with E-state index in [2.05, 4.69) is 4.98 Å². The first-order valence-electron chi connectivity index (χ1n) is 7.61. The zero-order chi connectivity index (χ0) is 18.5. The highest BCUT2D eigenvalue weighted by Crippen LogP contribution is 2.29. The number of nitriles is 1. The molecule has 1 amide bonds. The lowest BCUT2D eigenvalue weighted by molar-refractivity contribution is -0.115. The average Bonchev–Trinajstić information content (AvgIpc) is 3.32. The summed E-state index contributed by atoms with van der Waals surface area (Å²) in [5, 5.41) is 13.3. The molecule has 128 valence electrons. The summed E-state index contributed by atoms with van der Waals surface area (Å²) in [7, 11) is 0. The Morgan fingerprint density at radius 2 is 1.92 bits per heavy atom. The number of nitrogens with zero attached hydrogens (tertiary/aromatic N) is 3. The lowest BCUT2D eigenvalue weighted by atomic mass is 10.1. The standard InChI is InChI=1S/C19H13N3O2S2/c1-13(23)22(16-6-3-2-4-7-16)19-21-15(12-26-19)10-14(11-20)18(24)17-8-5-9-25-17/h2-10,12H,1H3/b14-10+. The van der Waals surface area contributed by atoms with Crippen molar-refractivity contribution in [2.75, 3.05) is 4.90 Å². The number of para-hydroxylation sites is 1. The Kier molecular flexibility index (Phi) is 5.37. The predicted octanol–water partition coefficient (Wildman–Crippen LogP) is 4.68. The maximum Gasteiger partial charge on any atom is 0.230 e. The number of anilines is 2. The quantitative estimate of drug-likeness (QED) is 0.366. The van der Waals surface area contributed by atoms with Gasteiger partial charge >= 0.3 is 0 Å². The van der Waals surface area contributed by atoms with Gasteiger partial charge in [0.05, 0.1) is 16.3 Å². The van der Waals surface area contributed by atoms with Crippen molar-refractivity contribution in [1.82, 2.24) is 4.98 Å². The van der Waals surface area contributed by atoms with Crippen molar-refractivity contribution in [2.45, 2.75) is 6.92 Å². The van der Waals surface area contributed by atoms with E-state index in [1.165, 1.54) is 40.6 Å². The Labute approximate surface area is 158 Å².